The zero-order valence-electron chi connectivity index (χ0n) is 19.3. The fraction of sp³-hybridized carbons (Fsp3) is 1.00. The van der Waals surface area contributed by atoms with Crippen LogP contribution in [0.3, 0.4) is 0 Å². The van der Waals surface area contributed by atoms with Crippen LogP contribution in [0.4, 0.5) is 0 Å². The minimum atomic E-state index is 0. The predicted molar refractivity (Wildman–Crippen MR) is 95.8 cm³/mol. The molecular formula is C16H48F4N4. The number of hydrogen-bond donors (Lipinski definition) is 0. The molecule has 0 unspecified atom stereocenters. The Morgan fingerprint density at radius 3 is 0.208 bits per heavy atom. The standard InChI is InChI=1S/4C4H12N.4FH/c4*1-5(2,3)4;;;;/h4*1-4H3;4*1H/q4*+1;;;;/p-4. The summed E-state index contributed by atoms with van der Waals surface area (Å²) < 4.78 is 4.00. The van der Waals surface area contributed by atoms with Gasteiger partial charge in [0.1, 0.15) is 0 Å². The van der Waals surface area contributed by atoms with E-state index in [1.54, 1.807) is 0 Å². The highest BCUT2D eigenvalue weighted by Gasteiger charge is 1.89. The van der Waals surface area contributed by atoms with E-state index in [1.807, 2.05) is 0 Å². The molecule has 0 rings (SSSR count). The number of hydrogen-bond acceptors (Lipinski definition) is 0. The third-order valence-corrected chi connectivity index (χ3v) is 0. The van der Waals surface area contributed by atoms with Gasteiger partial charge in [-0.2, -0.15) is 0 Å². The highest BCUT2D eigenvalue weighted by molar-refractivity contribution is 3.88. The van der Waals surface area contributed by atoms with Crippen LogP contribution in [-0.2, 0) is 0 Å². The van der Waals surface area contributed by atoms with Crippen LogP contribution in [0.15, 0.2) is 0 Å². The Morgan fingerprint density at radius 1 is 0.208 bits per heavy atom. The number of rotatable bonds is 0. The van der Waals surface area contributed by atoms with Gasteiger partial charge in [0.25, 0.3) is 0 Å². The van der Waals surface area contributed by atoms with Crippen LogP contribution < -0.4 is 18.8 Å². The van der Waals surface area contributed by atoms with E-state index >= 15 is 0 Å². The zero-order chi connectivity index (χ0) is 18.0. The first kappa shape index (κ1) is 49.5. The molecule has 0 aromatic rings. The average Bonchev–Trinajstić information content (AvgIpc) is 1.62. The summed E-state index contributed by atoms with van der Waals surface area (Å²) in [6.45, 7) is 0. The van der Waals surface area contributed by atoms with Crippen LogP contribution in [0.2, 0.25) is 0 Å². The lowest BCUT2D eigenvalue weighted by molar-refractivity contribution is -0.849. The molecule has 0 aliphatic heterocycles. The van der Waals surface area contributed by atoms with Gasteiger partial charge in [-0.3, -0.25) is 0 Å². The summed E-state index contributed by atoms with van der Waals surface area (Å²) in [7, 11) is 34.0. The van der Waals surface area contributed by atoms with Gasteiger partial charge in [-0.15, -0.1) is 0 Å². The molecular weight excluding hydrogens is 324 g/mol. The lowest BCUT2D eigenvalue weighted by atomic mass is 10.8. The van der Waals surface area contributed by atoms with E-state index in [2.05, 4.69) is 113 Å². The van der Waals surface area contributed by atoms with Gasteiger partial charge in [-0.05, 0) is 0 Å². The van der Waals surface area contributed by atoms with Gasteiger partial charge >= 0.3 is 0 Å². The van der Waals surface area contributed by atoms with E-state index in [-0.39, 0.29) is 18.8 Å². The summed E-state index contributed by atoms with van der Waals surface area (Å²) >= 11 is 0. The Hall–Kier alpha value is -0.440. The summed E-state index contributed by atoms with van der Waals surface area (Å²) in [6, 6.07) is 0. The highest BCUT2D eigenvalue weighted by Crippen LogP contribution is 1.74. The minimum Gasteiger partial charge on any atom is -1.00 e. The van der Waals surface area contributed by atoms with E-state index in [4.69, 9.17) is 0 Å². The second kappa shape index (κ2) is 18.9. The van der Waals surface area contributed by atoms with Crippen molar-refractivity contribution in [1.29, 1.82) is 0 Å². The molecule has 0 amide bonds. The molecule has 24 heavy (non-hydrogen) atoms. The Balaban J connectivity index is -0.0000000225. The molecule has 0 spiro atoms. The molecule has 0 aromatic heterocycles. The molecule has 4 nitrogen and oxygen atoms in total. The summed E-state index contributed by atoms with van der Waals surface area (Å²) in [5, 5.41) is 0. The number of halogens is 4. The van der Waals surface area contributed by atoms with Gasteiger partial charge in [0, 0.05) is 0 Å². The van der Waals surface area contributed by atoms with Crippen molar-refractivity contribution >= 4 is 0 Å². The third-order valence-electron chi connectivity index (χ3n) is 0. The van der Waals surface area contributed by atoms with Crippen LogP contribution in [0.5, 0.6) is 0 Å². The van der Waals surface area contributed by atoms with Crippen molar-refractivity contribution in [2.45, 2.75) is 0 Å². The molecule has 8 heteroatoms. The van der Waals surface area contributed by atoms with Crippen molar-refractivity contribution in [2.75, 3.05) is 113 Å². The van der Waals surface area contributed by atoms with Crippen LogP contribution in [0.1, 0.15) is 0 Å². The third kappa shape index (κ3) is 47100. The second-order valence-electron chi connectivity index (χ2n) is 10.7. The van der Waals surface area contributed by atoms with Gasteiger partial charge in [-0.25, -0.2) is 0 Å². The Kier molecular flexibility index (Phi) is 39.0. The molecule has 0 heterocycles. The predicted octanol–water partition coefficient (Wildman–Crippen LogP) is -10.7. The molecule has 0 atom stereocenters. The number of nitrogens with zero attached hydrogens (tertiary/aromatic N) is 4. The van der Waals surface area contributed by atoms with Crippen LogP contribution in [0, 0.1) is 0 Å². The molecule has 0 N–H and O–H groups in total. The number of quaternary nitrogens is 4. The maximum absolute atomic E-state index is 2.12. The summed E-state index contributed by atoms with van der Waals surface area (Å²) in [4.78, 5) is 0. The lowest BCUT2D eigenvalue weighted by Crippen LogP contribution is -3.00. The minimum absolute atomic E-state index is 0. The van der Waals surface area contributed by atoms with Gasteiger partial charge in [0.2, 0.25) is 0 Å². The largest absolute Gasteiger partial charge is 1.00 e. The van der Waals surface area contributed by atoms with Gasteiger partial charge < -0.3 is 36.7 Å². The van der Waals surface area contributed by atoms with Crippen molar-refractivity contribution in [3.8, 4) is 0 Å². The van der Waals surface area contributed by atoms with Crippen LogP contribution in [-0.4, -0.2) is 131 Å². The zero-order valence-corrected chi connectivity index (χ0v) is 19.3. The fourth-order valence-corrected chi connectivity index (χ4v) is 0. The van der Waals surface area contributed by atoms with Gasteiger partial charge in [0.15, 0.2) is 0 Å². The van der Waals surface area contributed by atoms with E-state index in [1.165, 1.54) is 0 Å². The monoisotopic (exact) mass is 372 g/mol. The second-order valence-corrected chi connectivity index (χ2v) is 10.7. The topological polar surface area (TPSA) is 0 Å². The summed E-state index contributed by atoms with van der Waals surface area (Å²) in [5.74, 6) is 0. The fourth-order valence-electron chi connectivity index (χ4n) is 0. The van der Waals surface area contributed by atoms with E-state index in [9.17, 15) is 0 Å². The van der Waals surface area contributed by atoms with E-state index < -0.39 is 0 Å². The highest BCUT2D eigenvalue weighted by atomic mass is 19.0. The molecule has 0 saturated heterocycles. The van der Waals surface area contributed by atoms with Crippen molar-refractivity contribution in [1.82, 2.24) is 0 Å². The molecule has 0 aliphatic carbocycles. The first-order valence-corrected chi connectivity index (χ1v) is 7.16. The Bertz CT molecular complexity index is 140. The van der Waals surface area contributed by atoms with Crippen molar-refractivity contribution in [2.24, 2.45) is 0 Å². The first-order valence-electron chi connectivity index (χ1n) is 7.16. The van der Waals surface area contributed by atoms with E-state index in [0.717, 1.165) is 17.9 Å². The quantitative estimate of drug-likeness (QED) is 0.293. The Morgan fingerprint density at radius 2 is 0.208 bits per heavy atom. The smallest absolute Gasteiger partial charge is 0.0675 e. The molecule has 0 bridgehead atoms. The van der Waals surface area contributed by atoms with Crippen LogP contribution >= 0.6 is 0 Å². The van der Waals surface area contributed by atoms with Crippen molar-refractivity contribution in [3.63, 3.8) is 0 Å². The molecule has 0 fully saturated rings. The normalized spacial score (nSPS) is 10.0. The molecule has 160 valence electrons. The SMILES string of the molecule is C[N+](C)(C)C.C[N+](C)(C)C.C[N+](C)(C)C.C[N+](C)(C)C.[F-].[F-].[F-].[F-]. The Labute approximate surface area is 150 Å². The molecule has 0 saturated carbocycles. The van der Waals surface area contributed by atoms with Gasteiger partial charge in [-0.1, -0.05) is 0 Å². The maximum atomic E-state index is 2.12. The van der Waals surface area contributed by atoms with Crippen molar-refractivity contribution < 1.29 is 36.7 Å². The first-order chi connectivity index (χ1) is 8.00. The van der Waals surface area contributed by atoms with E-state index in [0.29, 0.717) is 0 Å². The summed E-state index contributed by atoms with van der Waals surface area (Å²) in [6.07, 6.45) is 0. The maximum Gasteiger partial charge on any atom is 0.0675 e. The summed E-state index contributed by atoms with van der Waals surface area (Å²) in [5.41, 5.74) is 0. The average molecular weight is 373 g/mol. The molecule has 0 aromatic carbocycles. The van der Waals surface area contributed by atoms with Crippen molar-refractivity contribution in [3.05, 3.63) is 0 Å². The molecule has 0 aliphatic rings. The lowest BCUT2D eigenvalue weighted by Gasteiger charge is -2.14. The molecule has 0 radical (unpaired) electrons. The van der Waals surface area contributed by atoms with Crippen LogP contribution in [0.25, 0.3) is 0 Å². The van der Waals surface area contributed by atoms with Gasteiger partial charge in [0.05, 0.1) is 113 Å².